The number of nitrogens with zero attached hydrogens (tertiary/aromatic N) is 1. The molecule has 1 unspecified atom stereocenters. The van der Waals surface area contributed by atoms with Crippen LogP contribution in [0, 0.1) is 6.92 Å². The molecule has 0 aliphatic carbocycles. The predicted octanol–water partition coefficient (Wildman–Crippen LogP) is 1.25. The third-order valence-corrected chi connectivity index (χ3v) is 6.11. The van der Waals surface area contributed by atoms with Crippen LogP contribution < -0.4 is 38.4 Å². The molecule has 1 atom stereocenters. The molecule has 1 heterocycles. The summed E-state index contributed by atoms with van der Waals surface area (Å²) in [6, 6.07) is 14.2. The van der Waals surface area contributed by atoms with E-state index in [0.29, 0.717) is 23.1 Å². The first-order chi connectivity index (χ1) is 23.0. The molecule has 16 nitrogen and oxygen atoms in total. The number of rotatable bonds is 13. The van der Waals surface area contributed by atoms with E-state index in [9.17, 15) is 37.1 Å². The van der Waals surface area contributed by atoms with Crippen molar-refractivity contribution >= 4 is 52.4 Å². The highest BCUT2D eigenvalue weighted by molar-refractivity contribution is 5.99. The third kappa shape index (κ3) is 14.9. The van der Waals surface area contributed by atoms with Crippen LogP contribution >= 0.6 is 0 Å². The Morgan fingerprint density at radius 2 is 1.63 bits per heavy atom. The zero-order chi connectivity index (χ0) is 36.6. The van der Waals surface area contributed by atoms with Crippen molar-refractivity contribution in [2.75, 3.05) is 25.0 Å². The van der Waals surface area contributed by atoms with E-state index in [2.05, 4.69) is 26.3 Å². The van der Waals surface area contributed by atoms with Crippen molar-refractivity contribution in [3.05, 3.63) is 76.1 Å². The lowest BCUT2D eigenvalue weighted by Crippen LogP contribution is -2.48. The first-order valence-corrected chi connectivity index (χ1v) is 14.3. The van der Waals surface area contributed by atoms with Crippen molar-refractivity contribution in [1.29, 1.82) is 0 Å². The second kappa shape index (κ2) is 18.9. The van der Waals surface area contributed by atoms with E-state index in [-0.39, 0.29) is 25.5 Å². The molecule has 0 aliphatic heterocycles. The van der Waals surface area contributed by atoms with E-state index in [1.807, 2.05) is 6.07 Å². The van der Waals surface area contributed by atoms with Crippen molar-refractivity contribution in [2.24, 2.45) is 16.5 Å². The van der Waals surface area contributed by atoms with Gasteiger partial charge >= 0.3 is 23.9 Å². The van der Waals surface area contributed by atoms with Crippen LogP contribution in [-0.4, -0.2) is 72.7 Å². The number of alkyl carbamates (subject to hydrolysis) is 1. The average Bonchev–Trinajstić information content (AvgIpc) is 3.03. The molecule has 49 heavy (non-hydrogen) atoms. The Morgan fingerprint density at radius 1 is 0.980 bits per heavy atom. The second-order valence-corrected chi connectivity index (χ2v) is 10.0. The number of hydrogen-bond acceptors (Lipinski definition) is 9. The SMILES string of the molecule is Cc1cc(=O)oc2cc(NC(=O)C(CCCN=C(N)N)NC(=O)CNC(=O)CNC(=O)OCc3ccccc3)ccc12.O=C(O)C(F)(F)F. The fourth-order valence-electron chi connectivity index (χ4n) is 3.82. The highest BCUT2D eigenvalue weighted by Gasteiger charge is 2.38. The fourth-order valence-corrected chi connectivity index (χ4v) is 3.82. The Morgan fingerprint density at radius 3 is 2.27 bits per heavy atom. The van der Waals surface area contributed by atoms with E-state index < -0.39 is 60.7 Å². The van der Waals surface area contributed by atoms with Gasteiger partial charge in [-0.25, -0.2) is 14.4 Å². The van der Waals surface area contributed by atoms with Crippen molar-refractivity contribution in [1.82, 2.24) is 16.0 Å². The zero-order valence-corrected chi connectivity index (χ0v) is 26.0. The predicted molar refractivity (Wildman–Crippen MR) is 169 cm³/mol. The molecule has 3 rings (SSSR count). The largest absolute Gasteiger partial charge is 0.490 e. The van der Waals surface area contributed by atoms with E-state index in [1.54, 1.807) is 43.3 Å². The number of carboxylic acids is 1. The Balaban J connectivity index is 0.00000107. The van der Waals surface area contributed by atoms with Crippen LogP contribution in [0.1, 0.15) is 24.0 Å². The summed E-state index contributed by atoms with van der Waals surface area (Å²) >= 11 is 0. The highest BCUT2D eigenvalue weighted by Crippen LogP contribution is 2.21. The molecule has 9 N–H and O–H groups in total. The van der Waals surface area contributed by atoms with E-state index in [0.717, 1.165) is 11.1 Å². The minimum absolute atomic E-state index is 0.0383. The number of amides is 4. The van der Waals surface area contributed by atoms with Gasteiger partial charge in [0.25, 0.3) is 0 Å². The molecule has 4 amide bonds. The van der Waals surface area contributed by atoms with Gasteiger partial charge in [0, 0.05) is 29.8 Å². The van der Waals surface area contributed by atoms with Gasteiger partial charge in [-0.2, -0.15) is 13.2 Å². The Labute approximate surface area is 276 Å². The summed E-state index contributed by atoms with van der Waals surface area (Å²) in [7, 11) is 0. The van der Waals surface area contributed by atoms with Gasteiger partial charge in [-0.3, -0.25) is 19.4 Å². The summed E-state index contributed by atoms with van der Waals surface area (Å²) in [5.41, 5.74) is 12.3. The maximum atomic E-state index is 13.1. The molecule has 3 aromatic rings. The fraction of sp³-hybridized carbons (Fsp3) is 0.300. The number of hydrogen-bond donors (Lipinski definition) is 7. The first kappa shape index (κ1) is 39.0. The summed E-state index contributed by atoms with van der Waals surface area (Å²) in [6.07, 6.45) is -5.33. The minimum atomic E-state index is -5.08. The van der Waals surface area contributed by atoms with Gasteiger partial charge in [0.2, 0.25) is 17.7 Å². The van der Waals surface area contributed by atoms with Crippen molar-refractivity contribution < 1.29 is 51.4 Å². The molecule has 1 aromatic heterocycles. The first-order valence-electron chi connectivity index (χ1n) is 14.3. The number of alkyl halides is 3. The highest BCUT2D eigenvalue weighted by atomic mass is 19.4. The smallest absolute Gasteiger partial charge is 0.475 e. The van der Waals surface area contributed by atoms with Gasteiger partial charge in [-0.1, -0.05) is 30.3 Å². The monoisotopic (exact) mass is 693 g/mol. The number of anilines is 1. The van der Waals surface area contributed by atoms with E-state index >= 15 is 0 Å². The molecule has 0 saturated heterocycles. The van der Waals surface area contributed by atoms with Crippen molar-refractivity contribution in [3.63, 3.8) is 0 Å². The number of aryl methyl sites for hydroxylation is 1. The molecule has 19 heteroatoms. The van der Waals surface area contributed by atoms with E-state index in [4.69, 9.17) is 30.5 Å². The van der Waals surface area contributed by atoms with Crippen LogP contribution in [0.15, 0.2) is 68.8 Å². The number of fused-ring (bicyclic) bond motifs is 1. The van der Waals surface area contributed by atoms with Gasteiger partial charge in [0.1, 0.15) is 24.8 Å². The number of ether oxygens (including phenoxy) is 1. The number of guanidine groups is 1. The molecule has 0 radical (unpaired) electrons. The minimum Gasteiger partial charge on any atom is -0.475 e. The summed E-state index contributed by atoms with van der Waals surface area (Å²) in [5, 5.41) is 17.8. The average molecular weight is 694 g/mol. The van der Waals surface area contributed by atoms with Crippen LogP contribution in [0.3, 0.4) is 0 Å². The lowest BCUT2D eigenvalue weighted by Gasteiger charge is -2.19. The van der Waals surface area contributed by atoms with Gasteiger partial charge in [-0.15, -0.1) is 0 Å². The lowest BCUT2D eigenvalue weighted by molar-refractivity contribution is -0.192. The standard InChI is InChI=1S/C28H33N7O7.C2HF3O2/c1-17-12-25(38)42-22-13-19(9-10-20(17)22)34-26(39)21(8-5-11-31-27(29)30)35-24(37)15-32-23(36)14-33-28(40)41-16-18-6-3-2-4-7-18;3-2(4,5)1(6)7/h2-4,6-7,9-10,12-13,21H,5,8,11,14-16H2,1H3,(H,32,36)(H,33,40)(H,34,39)(H,35,37)(H4,29,30,31);(H,6,7). The van der Waals surface area contributed by atoms with Gasteiger partial charge in [-0.05, 0) is 43.0 Å². The number of aliphatic carboxylic acids is 1. The van der Waals surface area contributed by atoms with Crippen molar-refractivity contribution in [3.8, 4) is 0 Å². The van der Waals surface area contributed by atoms with Gasteiger partial charge < -0.3 is 47.0 Å². The number of nitrogens with two attached hydrogens (primary N) is 2. The maximum absolute atomic E-state index is 13.1. The van der Waals surface area contributed by atoms with Crippen molar-refractivity contribution in [2.45, 2.75) is 38.6 Å². The zero-order valence-electron chi connectivity index (χ0n) is 26.0. The van der Waals surface area contributed by atoms with Crippen LogP contribution in [0.2, 0.25) is 0 Å². The number of carbonyl (C=O) groups is 5. The van der Waals surface area contributed by atoms with Crippen LogP contribution in [0.25, 0.3) is 11.0 Å². The lowest BCUT2D eigenvalue weighted by atomic mass is 10.1. The topological polar surface area (TPSA) is 258 Å². The molecule has 264 valence electrons. The maximum Gasteiger partial charge on any atom is 0.490 e. The Hall–Kier alpha value is -6.14. The number of carboxylic acid groups (broad SMARTS) is 1. The van der Waals surface area contributed by atoms with Crippen LogP contribution in [-0.2, 0) is 30.5 Å². The van der Waals surface area contributed by atoms with E-state index in [1.165, 1.54) is 12.1 Å². The van der Waals surface area contributed by atoms with Crippen LogP contribution in [0.4, 0.5) is 23.7 Å². The number of nitrogens with one attached hydrogen (secondary N) is 4. The molecule has 0 saturated carbocycles. The number of carbonyl (C=O) groups excluding carboxylic acids is 4. The van der Waals surface area contributed by atoms with Gasteiger partial charge in [0.05, 0.1) is 6.54 Å². The number of halogens is 3. The summed E-state index contributed by atoms with van der Waals surface area (Å²) in [4.78, 5) is 74.1. The molecule has 2 aromatic carbocycles. The van der Waals surface area contributed by atoms with Gasteiger partial charge in [0.15, 0.2) is 5.96 Å². The molecule has 0 bridgehead atoms. The number of benzene rings is 2. The molecule has 0 spiro atoms. The normalized spacial score (nSPS) is 11.2. The molecular formula is C30H34F3N7O9. The van der Waals surface area contributed by atoms with Crippen LogP contribution in [0.5, 0.6) is 0 Å². The molecule has 0 fully saturated rings. The number of aliphatic imine (C=N–C) groups is 1. The third-order valence-electron chi connectivity index (χ3n) is 6.11. The quantitative estimate of drug-likeness (QED) is 0.0580. The Kier molecular flexibility index (Phi) is 15.0. The molecular weight excluding hydrogens is 659 g/mol. The Bertz CT molecular complexity index is 1710. The summed E-state index contributed by atoms with van der Waals surface area (Å²) in [5.74, 6) is -4.68. The molecule has 0 aliphatic rings. The summed E-state index contributed by atoms with van der Waals surface area (Å²) in [6.45, 7) is 1.17. The second-order valence-electron chi connectivity index (χ2n) is 10.0. The summed E-state index contributed by atoms with van der Waals surface area (Å²) < 4.78 is 42.0.